The summed E-state index contributed by atoms with van der Waals surface area (Å²) in [6.45, 7) is 7.63. The second-order valence-corrected chi connectivity index (χ2v) is 8.47. The van der Waals surface area contributed by atoms with Crippen LogP contribution in [0.5, 0.6) is 0 Å². The number of hydrogen-bond acceptors (Lipinski definition) is 2. The van der Waals surface area contributed by atoms with Gasteiger partial charge in [0.25, 0.3) is 0 Å². The van der Waals surface area contributed by atoms with Gasteiger partial charge in [0.1, 0.15) is 0 Å². The third kappa shape index (κ3) is 2.72. The van der Waals surface area contributed by atoms with Gasteiger partial charge < -0.3 is 10.6 Å². The van der Waals surface area contributed by atoms with Gasteiger partial charge in [-0.1, -0.05) is 0 Å². The van der Waals surface area contributed by atoms with E-state index in [1.165, 1.54) is 38.5 Å². The fourth-order valence-electron chi connectivity index (χ4n) is 6.02. The topological polar surface area (TPSA) is 59.0 Å². The molecule has 0 aliphatic heterocycles. The lowest BCUT2D eigenvalue weighted by molar-refractivity contribution is -0.0135. The summed E-state index contributed by atoms with van der Waals surface area (Å²) < 4.78 is 2.00. The minimum absolute atomic E-state index is 0.00000142. The Balaban J connectivity index is 1.38. The van der Waals surface area contributed by atoms with Gasteiger partial charge in [0.2, 0.25) is 0 Å². The molecule has 4 aliphatic carbocycles. The van der Waals surface area contributed by atoms with Crippen molar-refractivity contribution in [3.8, 4) is 0 Å². The summed E-state index contributed by atoms with van der Waals surface area (Å²) in [5.41, 5.74) is 3.41. The molecule has 1 aromatic rings. The highest BCUT2D eigenvalue weighted by atomic mass is 16.2. The molecule has 24 heavy (non-hydrogen) atoms. The van der Waals surface area contributed by atoms with Crippen molar-refractivity contribution in [2.45, 2.75) is 77.9 Å². The molecule has 4 aliphatic rings. The summed E-state index contributed by atoms with van der Waals surface area (Å²) in [6, 6.07) is -0.00000142. The molecule has 0 spiro atoms. The van der Waals surface area contributed by atoms with Gasteiger partial charge in [-0.2, -0.15) is 5.10 Å². The molecule has 2 amide bonds. The maximum absolute atomic E-state index is 12.6. The molecular weight excluding hydrogens is 300 g/mol. The highest BCUT2D eigenvalue weighted by molar-refractivity contribution is 5.75. The van der Waals surface area contributed by atoms with Gasteiger partial charge in [-0.25, -0.2) is 4.79 Å². The highest BCUT2D eigenvalue weighted by Crippen LogP contribution is 2.55. The van der Waals surface area contributed by atoms with E-state index >= 15 is 0 Å². The van der Waals surface area contributed by atoms with Crippen LogP contribution >= 0.6 is 0 Å². The van der Waals surface area contributed by atoms with Crippen LogP contribution in [-0.2, 0) is 13.1 Å². The van der Waals surface area contributed by atoms with Crippen molar-refractivity contribution in [3.05, 3.63) is 17.0 Å². The molecule has 0 aromatic carbocycles. The van der Waals surface area contributed by atoms with Crippen LogP contribution in [0.3, 0.4) is 0 Å². The van der Waals surface area contributed by atoms with Crippen molar-refractivity contribution in [1.29, 1.82) is 0 Å². The zero-order valence-electron chi connectivity index (χ0n) is 15.2. The molecule has 132 valence electrons. The third-order valence-electron chi connectivity index (χ3n) is 6.67. The van der Waals surface area contributed by atoms with Crippen molar-refractivity contribution in [1.82, 2.24) is 20.4 Å². The first-order valence-electron chi connectivity index (χ1n) is 9.57. The molecular formula is C19H30N4O. The van der Waals surface area contributed by atoms with Crippen LogP contribution in [0.1, 0.15) is 62.4 Å². The molecule has 4 bridgehead atoms. The smallest absolute Gasteiger partial charge is 0.315 e. The quantitative estimate of drug-likeness (QED) is 0.890. The van der Waals surface area contributed by atoms with Crippen molar-refractivity contribution in [3.63, 3.8) is 0 Å². The predicted molar refractivity (Wildman–Crippen MR) is 93.6 cm³/mol. The largest absolute Gasteiger partial charge is 0.334 e. The van der Waals surface area contributed by atoms with Crippen molar-refractivity contribution in [2.24, 2.45) is 17.8 Å². The minimum atomic E-state index is -0.00000142. The Labute approximate surface area is 144 Å². The minimum Gasteiger partial charge on any atom is -0.334 e. The third-order valence-corrected chi connectivity index (χ3v) is 6.67. The standard InChI is InChI=1S/C19H30N4O/c1-4-23-13(3)17(12(2)22-23)11-20-18(24)21-19-8-14-5-15(9-19)7-16(6-14)10-19/h14-16H,4-11H2,1-3H3,(H2,20,21,24). The van der Waals surface area contributed by atoms with Crippen molar-refractivity contribution >= 4 is 6.03 Å². The first-order chi connectivity index (χ1) is 11.5. The fourth-order valence-corrected chi connectivity index (χ4v) is 6.02. The van der Waals surface area contributed by atoms with Gasteiger partial charge in [-0.3, -0.25) is 4.68 Å². The zero-order valence-corrected chi connectivity index (χ0v) is 15.2. The normalized spacial score (nSPS) is 33.7. The molecule has 5 rings (SSSR count). The zero-order chi connectivity index (χ0) is 16.9. The van der Waals surface area contributed by atoms with Crippen LogP contribution in [0.2, 0.25) is 0 Å². The molecule has 5 heteroatoms. The van der Waals surface area contributed by atoms with E-state index in [1.54, 1.807) is 0 Å². The summed E-state index contributed by atoms with van der Waals surface area (Å²) in [5, 5.41) is 11.0. The Bertz CT molecular complexity index is 613. The van der Waals surface area contributed by atoms with Gasteiger partial charge in [0.05, 0.1) is 5.69 Å². The Morgan fingerprint density at radius 3 is 2.25 bits per heavy atom. The average Bonchev–Trinajstić information content (AvgIpc) is 2.77. The first kappa shape index (κ1) is 16.0. The van der Waals surface area contributed by atoms with Crippen LogP contribution in [0.4, 0.5) is 4.79 Å². The molecule has 1 aromatic heterocycles. The number of rotatable bonds is 4. The first-order valence-corrected chi connectivity index (χ1v) is 9.57. The number of nitrogens with one attached hydrogen (secondary N) is 2. The van der Waals surface area contributed by atoms with E-state index < -0.39 is 0 Å². The number of carbonyl (C=O) groups excluding carboxylic acids is 1. The Morgan fingerprint density at radius 2 is 1.75 bits per heavy atom. The maximum Gasteiger partial charge on any atom is 0.315 e. The number of nitrogens with zero attached hydrogens (tertiary/aromatic N) is 2. The molecule has 0 atom stereocenters. The lowest BCUT2D eigenvalue weighted by atomic mass is 9.53. The molecule has 5 nitrogen and oxygen atoms in total. The van der Waals surface area contributed by atoms with E-state index in [1.807, 2.05) is 11.6 Å². The maximum atomic E-state index is 12.6. The van der Waals surface area contributed by atoms with Crippen LogP contribution < -0.4 is 10.6 Å². The summed E-state index contributed by atoms with van der Waals surface area (Å²) >= 11 is 0. The molecule has 0 unspecified atom stereocenters. The Morgan fingerprint density at radius 1 is 1.17 bits per heavy atom. The lowest BCUT2D eigenvalue weighted by Gasteiger charge is -2.56. The van der Waals surface area contributed by atoms with Gasteiger partial charge in [-0.05, 0) is 77.0 Å². The Hall–Kier alpha value is -1.52. The van der Waals surface area contributed by atoms with Crippen molar-refractivity contribution in [2.75, 3.05) is 0 Å². The van der Waals surface area contributed by atoms with Gasteiger partial charge >= 0.3 is 6.03 Å². The summed E-state index contributed by atoms with van der Waals surface area (Å²) in [4.78, 5) is 12.6. The number of carbonyl (C=O) groups is 1. The van der Waals surface area contributed by atoms with Crippen LogP contribution in [0.25, 0.3) is 0 Å². The summed E-state index contributed by atoms with van der Waals surface area (Å²) in [6.07, 6.45) is 7.78. The number of hydrogen-bond donors (Lipinski definition) is 2. The number of urea groups is 1. The van der Waals surface area contributed by atoms with E-state index in [0.717, 1.165) is 41.2 Å². The van der Waals surface area contributed by atoms with Crippen molar-refractivity contribution < 1.29 is 4.79 Å². The predicted octanol–water partition coefficient (Wildman–Crippen LogP) is 3.29. The number of aromatic nitrogens is 2. The summed E-state index contributed by atoms with van der Waals surface area (Å²) in [5.74, 6) is 2.55. The van der Waals surface area contributed by atoms with Gasteiger partial charge in [-0.15, -0.1) is 0 Å². The average molecular weight is 330 g/mol. The monoisotopic (exact) mass is 330 g/mol. The van der Waals surface area contributed by atoms with Crippen LogP contribution in [0, 0.1) is 31.6 Å². The molecule has 4 saturated carbocycles. The lowest BCUT2D eigenvalue weighted by Crippen LogP contribution is -2.61. The van der Waals surface area contributed by atoms with Gasteiger partial charge in [0, 0.05) is 29.9 Å². The van der Waals surface area contributed by atoms with E-state index in [2.05, 4.69) is 29.6 Å². The molecule has 4 fully saturated rings. The van der Waals surface area contributed by atoms with E-state index in [0.29, 0.717) is 6.54 Å². The van der Waals surface area contributed by atoms with Crippen LogP contribution in [0.15, 0.2) is 0 Å². The second kappa shape index (κ2) is 5.78. The highest BCUT2D eigenvalue weighted by Gasteiger charge is 2.51. The molecule has 0 radical (unpaired) electrons. The Kier molecular flexibility index (Phi) is 3.85. The van der Waals surface area contributed by atoms with Gasteiger partial charge in [0.15, 0.2) is 0 Å². The van der Waals surface area contributed by atoms with E-state index in [-0.39, 0.29) is 11.6 Å². The fraction of sp³-hybridized carbons (Fsp3) is 0.789. The molecule has 1 heterocycles. The number of aryl methyl sites for hydroxylation is 2. The van der Waals surface area contributed by atoms with Crippen LogP contribution in [-0.4, -0.2) is 21.4 Å². The second-order valence-electron chi connectivity index (χ2n) is 8.47. The van der Waals surface area contributed by atoms with E-state index in [9.17, 15) is 4.79 Å². The van der Waals surface area contributed by atoms with E-state index in [4.69, 9.17) is 0 Å². The molecule has 2 N–H and O–H groups in total. The summed E-state index contributed by atoms with van der Waals surface area (Å²) in [7, 11) is 0. The molecule has 0 saturated heterocycles. The SMILES string of the molecule is CCn1nc(C)c(CNC(=O)NC23CC4CC(CC(C4)C2)C3)c1C. The number of amides is 2.